The molecule has 1 atom stereocenters. The molecule has 1 unspecified atom stereocenters. The monoisotopic (exact) mass is 338 g/mol. The summed E-state index contributed by atoms with van der Waals surface area (Å²) in [6.07, 6.45) is -0.848. The van der Waals surface area contributed by atoms with Crippen molar-refractivity contribution >= 4 is 15.9 Å². The summed E-state index contributed by atoms with van der Waals surface area (Å²) in [5, 5.41) is 10.6. The lowest BCUT2D eigenvalue weighted by Crippen LogP contribution is -2.07. The molecule has 0 saturated heterocycles. The summed E-state index contributed by atoms with van der Waals surface area (Å²) in [5.41, 5.74) is 2.82. The molecule has 106 valence electrons. The molecule has 0 amide bonds. The van der Waals surface area contributed by atoms with Crippen molar-refractivity contribution < 1.29 is 14.2 Å². The minimum absolute atomic E-state index is 0.293. The Morgan fingerprint density at radius 3 is 2.30 bits per heavy atom. The smallest absolute Gasteiger partial charge is 0.126 e. The highest BCUT2D eigenvalue weighted by Crippen LogP contribution is 2.35. The molecule has 2 nitrogen and oxygen atoms in total. The zero-order valence-electron chi connectivity index (χ0n) is 11.6. The minimum atomic E-state index is -0.848. The standard InChI is InChI=1S/C16H16BrFO2/c1-9-6-12(18)7-10(2)15(9)16(19)13-5-4-11(17)8-14(13)20-3/h4-8,16,19H,1-3H3. The van der Waals surface area contributed by atoms with Crippen molar-refractivity contribution in [3.8, 4) is 5.75 Å². The Labute approximate surface area is 126 Å². The SMILES string of the molecule is COc1cc(Br)ccc1C(O)c1c(C)cc(F)cc1C. The van der Waals surface area contributed by atoms with Gasteiger partial charge >= 0.3 is 0 Å². The van der Waals surface area contributed by atoms with Gasteiger partial charge in [0.2, 0.25) is 0 Å². The number of ether oxygens (including phenoxy) is 1. The van der Waals surface area contributed by atoms with E-state index in [2.05, 4.69) is 15.9 Å². The van der Waals surface area contributed by atoms with E-state index in [9.17, 15) is 9.50 Å². The number of aryl methyl sites for hydroxylation is 2. The molecular formula is C16H16BrFO2. The fraction of sp³-hybridized carbons (Fsp3) is 0.250. The summed E-state index contributed by atoms with van der Waals surface area (Å²) in [5.74, 6) is 0.300. The van der Waals surface area contributed by atoms with Crippen molar-refractivity contribution in [3.05, 3.63) is 62.9 Å². The number of aliphatic hydroxyl groups excluding tert-OH is 1. The van der Waals surface area contributed by atoms with E-state index in [0.717, 1.165) is 15.6 Å². The zero-order chi connectivity index (χ0) is 14.9. The summed E-state index contributed by atoms with van der Waals surface area (Å²) in [4.78, 5) is 0. The molecule has 1 N–H and O–H groups in total. The van der Waals surface area contributed by atoms with E-state index in [0.29, 0.717) is 16.9 Å². The Morgan fingerprint density at radius 2 is 1.75 bits per heavy atom. The van der Waals surface area contributed by atoms with Crippen LogP contribution in [0.15, 0.2) is 34.8 Å². The summed E-state index contributed by atoms with van der Waals surface area (Å²) in [6, 6.07) is 8.30. The van der Waals surface area contributed by atoms with Crippen LogP contribution >= 0.6 is 15.9 Å². The summed E-state index contributed by atoms with van der Waals surface area (Å²) < 4.78 is 19.5. The minimum Gasteiger partial charge on any atom is -0.496 e. The van der Waals surface area contributed by atoms with Crippen LogP contribution in [0.1, 0.15) is 28.4 Å². The van der Waals surface area contributed by atoms with Crippen LogP contribution in [0, 0.1) is 19.7 Å². The van der Waals surface area contributed by atoms with Crippen molar-refractivity contribution in [2.45, 2.75) is 20.0 Å². The second-order valence-electron chi connectivity index (χ2n) is 4.74. The van der Waals surface area contributed by atoms with E-state index in [1.807, 2.05) is 6.07 Å². The molecule has 0 bridgehead atoms. The maximum Gasteiger partial charge on any atom is 0.126 e. The average Bonchev–Trinajstić information content (AvgIpc) is 2.37. The van der Waals surface area contributed by atoms with E-state index in [-0.39, 0.29) is 5.82 Å². The van der Waals surface area contributed by atoms with Gasteiger partial charge in [0.15, 0.2) is 0 Å². The third kappa shape index (κ3) is 2.86. The molecule has 4 heteroatoms. The van der Waals surface area contributed by atoms with Crippen LogP contribution in [0.2, 0.25) is 0 Å². The highest BCUT2D eigenvalue weighted by Gasteiger charge is 2.20. The second kappa shape index (κ2) is 5.94. The molecule has 2 aromatic rings. The number of aliphatic hydroxyl groups is 1. The molecule has 0 aliphatic rings. The number of hydrogen-bond donors (Lipinski definition) is 1. The topological polar surface area (TPSA) is 29.5 Å². The number of benzene rings is 2. The first-order valence-corrected chi connectivity index (χ1v) is 7.01. The van der Waals surface area contributed by atoms with E-state index >= 15 is 0 Å². The van der Waals surface area contributed by atoms with Gasteiger partial charge in [-0.15, -0.1) is 0 Å². The van der Waals surface area contributed by atoms with Crippen molar-refractivity contribution in [2.24, 2.45) is 0 Å². The van der Waals surface area contributed by atoms with Gasteiger partial charge in [-0.3, -0.25) is 0 Å². The fourth-order valence-corrected chi connectivity index (χ4v) is 2.76. The van der Waals surface area contributed by atoms with Gasteiger partial charge in [0, 0.05) is 10.0 Å². The number of hydrogen-bond acceptors (Lipinski definition) is 2. The van der Waals surface area contributed by atoms with Crippen LogP contribution in [0.25, 0.3) is 0 Å². The first kappa shape index (κ1) is 15.0. The number of rotatable bonds is 3. The fourth-order valence-electron chi connectivity index (χ4n) is 2.42. The highest BCUT2D eigenvalue weighted by molar-refractivity contribution is 9.10. The molecule has 0 spiro atoms. The Balaban J connectivity index is 2.54. The Hall–Kier alpha value is -1.39. The number of methoxy groups -OCH3 is 1. The van der Waals surface area contributed by atoms with Crippen molar-refractivity contribution in [3.63, 3.8) is 0 Å². The van der Waals surface area contributed by atoms with E-state index in [1.165, 1.54) is 12.1 Å². The predicted molar refractivity (Wildman–Crippen MR) is 80.6 cm³/mol. The number of halogens is 2. The molecule has 2 rings (SSSR count). The lowest BCUT2D eigenvalue weighted by Gasteiger charge is -2.19. The molecule has 0 aromatic heterocycles. The molecular weight excluding hydrogens is 323 g/mol. The summed E-state index contributed by atoms with van der Waals surface area (Å²) >= 11 is 3.37. The molecule has 2 aromatic carbocycles. The normalized spacial score (nSPS) is 12.3. The lowest BCUT2D eigenvalue weighted by molar-refractivity contribution is 0.213. The summed E-state index contributed by atoms with van der Waals surface area (Å²) in [7, 11) is 1.56. The maximum absolute atomic E-state index is 13.4. The highest BCUT2D eigenvalue weighted by atomic mass is 79.9. The first-order valence-electron chi connectivity index (χ1n) is 6.22. The van der Waals surface area contributed by atoms with Gasteiger partial charge in [-0.25, -0.2) is 4.39 Å². The molecule has 0 radical (unpaired) electrons. The van der Waals surface area contributed by atoms with Crippen molar-refractivity contribution in [1.29, 1.82) is 0 Å². The quantitative estimate of drug-likeness (QED) is 0.904. The average molecular weight is 339 g/mol. The van der Waals surface area contributed by atoms with Gasteiger partial charge in [0.1, 0.15) is 17.7 Å². The van der Waals surface area contributed by atoms with E-state index < -0.39 is 6.10 Å². The molecule has 20 heavy (non-hydrogen) atoms. The molecule has 0 aliphatic heterocycles. The molecule has 0 aliphatic carbocycles. The van der Waals surface area contributed by atoms with Crippen molar-refractivity contribution in [2.75, 3.05) is 7.11 Å². The van der Waals surface area contributed by atoms with Crippen molar-refractivity contribution in [1.82, 2.24) is 0 Å². The first-order chi connectivity index (χ1) is 9.43. The van der Waals surface area contributed by atoms with Crippen LogP contribution in [0.5, 0.6) is 5.75 Å². The van der Waals surface area contributed by atoms with Gasteiger partial charge in [-0.1, -0.05) is 22.0 Å². The maximum atomic E-state index is 13.4. The third-order valence-electron chi connectivity index (χ3n) is 3.32. The van der Waals surface area contributed by atoms with Crippen LogP contribution in [0.3, 0.4) is 0 Å². The van der Waals surface area contributed by atoms with Crippen LogP contribution in [0.4, 0.5) is 4.39 Å². The van der Waals surface area contributed by atoms with Gasteiger partial charge < -0.3 is 9.84 Å². The van der Waals surface area contributed by atoms with Crippen LogP contribution in [-0.4, -0.2) is 12.2 Å². The molecule has 0 saturated carbocycles. The van der Waals surface area contributed by atoms with Gasteiger partial charge in [-0.05, 0) is 54.8 Å². The Kier molecular flexibility index (Phi) is 4.45. The van der Waals surface area contributed by atoms with Gasteiger partial charge in [-0.2, -0.15) is 0 Å². The van der Waals surface area contributed by atoms with E-state index in [4.69, 9.17) is 4.74 Å². The molecule has 0 fully saturated rings. The Bertz CT molecular complexity index is 617. The third-order valence-corrected chi connectivity index (χ3v) is 3.82. The van der Waals surface area contributed by atoms with Gasteiger partial charge in [0.25, 0.3) is 0 Å². The second-order valence-corrected chi connectivity index (χ2v) is 5.66. The summed E-state index contributed by atoms with van der Waals surface area (Å²) in [6.45, 7) is 3.58. The zero-order valence-corrected chi connectivity index (χ0v) is 13.2. The Morgan fingerprint density at radius 1 is 1.15 bits per heavy atom. The largest absolute Gasteiger partial charge is 0.496 e. The van der Waals surface area contributed by atoms with Gasteiger partial charge in [0.05, 0.1) is 7.11 Å². The van der Waals surface area contributed by atoms with E-state index in [1.54, 1.807) is 33.1 Å². The lowest BCUT2D eigenvalue weighted by atomic mass is 9.93. The van der Waals surface area contributed by atoms with Crippen LogP contribution in [-0.2, 0) is 0 Å². The predicted octanol–water partition coefficient (Wildman–Crippen LogP) is 4.30. The molecule has 0 heterocycles. The van der Waals surface area contributed by atoms with Crippen LogP contribution < -0.4 is 4.74 Å².